The highest BCUT2D eigenvalue weighted by molar-refractivity contribution is 5.89. The molecule has 3 amide bonds. The molecule has 3 rings (SSSR count). The molecule has 0 saturated carbocycles. The topological polar surface area (TPSA) is 73.9 Å². The van der Waals surface area contributed by atoms with Crippen molar-refractivity contribution in [2.45, 2.75) is 6.42 Å². The van der Waals surface area contributed by atoms with E-state index >= 15 is 0 Å². The number of benzene rings is 2. The Kier molecular flexibility index (Phi) is 6.73. The second-order valence-corrected chi connectivity index (χ2v) is 6.57. The monoisotopic (exact) mass is 382 g/mol. The average Bonchev–Trinajstić information content (AvgIpc) is 2.74. The zero-order valence-electron chi connectivity index (χ0n) is 16.1. The minimum absolute atomic E-state index is 0.0605. The van der Waals surface area contributed by atoms with Crippen molar-refractivity contribution in [1.82, 2.24) is 10.2 Å². The van der Waals surface area contributed by atoms with Gasteiger partial charge in [0.05, 0.1) is 7.11 Å². The van der Waals surface area contributed by atoms with E-state index in [4.69, 9.17) is 4.74 Å². The van der Waals surface area contributed by atoms with Gasteiger partial charge in [-0.25, -0.2) is 4.79 Å². The summed E-state index contributed by atoms with van der Waals surface area (Å²) in [7, 11) is 1.66. The molecule has 7 heteroatoms. The number of anilines is 2. The Bertz CT molecular complexity index is 789. The summed E-state index contributed by atoms with van der Waals surface area (Å²) in [6, 6.07) is 16.9. The normalized spacial score (nSPS) is 13.8. The van der Waals surface area contributed by atoms with Gasteiger partial charge in [-0.15, -0.1) is 0 Å². The van der Waals surface area contributed by atoms with Gasteiger partial charge in [0, 0.05) is 56.6 Å². The maximum Gasteiger partial charge on any atom is 0.319 e. The number of hydrogen-bond acceptors (Lipinski definition) is 4. The van der Waals surface area contributed by atoms with E-state index in [0.29, 0.717) is 26.1 Å². The highest BCUT2D eigenvalue weighted by Gasteiger charge is 2.21. The van der Waals surface area contributed by atoms with Gasteiger partial charge in [0.2, 0.25) is 5.91 Å². The third kappa shape index (κ3) is 5.39. The van der Waals surface area contributed by atoms with E-state index in [9.17, 15) is 9.59 Å². The van der Waals surface area contributed by atoms with Gasteiger partial charge in [-0.05, 0) is 24.3 Å². The molecule has 0 bridgehead atoms. The van der Waals surface area contributed by atoms with Crippen molar-refractivity contribution in [3.8, 4) is 5.75 Å². The molecule has 0 spiro atoms. The summed E-state index contributed by atoms with van der Waals surface area (Å²) >= 11 is 0. The highest BCUT2D eigenvalue weighted by Crippen LogP contribution is 2.22. The van der Waals surface area contributed by atoms with Crippen LogP contribution in [0.2, 0.25) is 0 Å². The maximum atomic E-state index is 12.4. The van der Waals surface area contributed by atoms with Crippen LogP contribution in [0.5, 0.6) is 5.75 Å². The quantitative estimate of drug-likeness (QED) is 0.805. The number of hydrogen-bond donors (Lipinski definition) is 2. The van der Waals surface area contributed by atoms with Crippen molar-refractivity contribution in [2.75, 3.05) is 50.1 Å². The van der Waals surface area contributed by atoms with Crippen molar-refractivity contribution in [3.63, 3.8) is 0 Å². The molecule has 2 aromatic carbocycles. The fourth-order valence-corrected chi connectivity index (χ4v) is 3.16. The molecule has 0 aromatic heterocycles. The summed E-state index contributed by atoms with van der Waals surface area (Å²) < 4.78 is 5.28. The summed E-state index contributed by atoms with van der Waals surface area (Å²) in [4.78, 5) is 28.4. The van der Waals surface area contributed by atoms with Gasteiger partial charge in [-0.2, -0.15) is 0 Å². The number of rotatable bonds is 6. The summed E-state index contributed by atoms with van der Waals surface area (Å²) in [6.07, 6.45) is 0.293. The molecular formula is C21H26N4O3. The summed E-state index contributed by atoms with van der Waals surface area (Å²) in [5, 5.41) is 5.46. The van der Waals surface area contributed by atoms with E-state index in [1.54, 1.807) is 7.11 Å². The van der Waals surface area contributed by atoms with E-state index in [1.807, 2.05) is 53.4 Å². The number of ether oxygens (including phenoxy) is 1. The molecule has 0 unspecified atom stereocenters. The zero-order chi connectivity index (χ0) is 19.8. The molecule has 28 heavy (non-hydrogen) atoms. The van der Waals surface area contributed by atoms with Crippen LogP contribution < -0.4 is 20.3 Å². The molecule has 1 heterocycles. The lowest BCUT2D eigenvalue weighted by molar-refractivity contribution is -0.131. The Morgan fingerprint density at radius 1 is 1.00 bits per heavy atom. The first-order chi connectivity index (χ1) is 13.7. The van der Waals surface area contributed by atoms with Crippen LogP contribution in [0, 0.1) is 0 Å². The van der Waals surface area contributed by atoms with Gasteiger partial charge >= 0.3 is 6.03 Å². The number of nitrogens with zero attached hydrogens (tertiary/aromatic N) is 2. The van der Waals surface area contributed by atoms with E-state index in [2.05, 4.69) is 21.6 Å². The van der Waals surface area contributed by atoms with Gasteiger partial charge < -0.3 is 25.2 Å². The van der Waals surface area contributed by atoms with E-state index in [-0.39, 0.29) is 11.9 Å². The second-order valence-electron chi connectivity index (χ2n) is 6.57. The van der Waals surface area contributed by atoms with Crippen LogP contribution >= 0.6 is 0 Å². The first kappa shape index (κ1) is 19.5. The van der Waals surface area contributed by atoms with Crippen LogP contribution in [0.1, 0.15) is 6.42 Å². The van der Waals surface area contributed by atoms with Crippen LogP contribution in [-0.4, -0.2) is 56.7 Å². The first-order valence-electron chi connectivity index (χ1n) is 9.42. The molecule has 1 fully saturated rings. The molecule has 1 aliphatic heterocycles. The molecule has 2 aromatic rings. The number of nitrogens with one attached hydrogen (secondary N) is 2. The second kappa shape index (κ2) is 9.64. The standard InChI is InChI=1S/C21H26N4O3/c1-28-19-9-5-8-18(16-19)24-12-14-25(15-13-24)20(26)10-11-22-21(27)23-17-6-3-2-4-7-17/h2-9,16H,10-15H2,1H3,(H2,22,23,27). The molecule has 148 valence electrons. The Morgan fingerprint density at radius 2 is 1.75 bits per heavy atom. The Morgan fingerprint density at radius 3 is 2.46 bits per heavy atom. The smallest absolute Gasteiger partial charge is 0.319 e. The van der Waals surface area contributed by atoms with Crippen LogP contribution in [0.15, 0.2) is 54.6 Å². The van der Waals surface area contributed by atoms with Gasteiger partial charge in [-0.3, -0.25) is 4.79 Å². The predicted octanol–water partition coefficient (Wildman–Crippen LogP) is 2.56. The average molecular weight is 382 g/mol. The van der Waals surface area contributed by atoms with Gasteiger partial charge in [0.25, 0.3) is 0 Å². The third-order valence-corrected chi connectivity index (χ3v) is 4.71. The van der Waals surface area contributed by atoms with Crippen molar-refractivity contribution in [1.29, 1.82) is 0 Å². The van der Waals surface area contributed by atoms with Gasteiger partial charge in [-0.1, -0.05) is 24.3 Å². The Hall–Kier alpha value is -3.22. The van der Waals surface area contributed by atoms with Crippen molar-refractivity contribution >= 4 is 23.3 Å². The number of carbonyl (C=O) groups is 2. The molecule has 1 aliphatic rings. The largest absolute Gasteiger partial charge is 0.497 e. The molecular weight excluding hydrogens is 356 g/mol. The fourth-order valence-electron chi connectivity index (χ4n) is 3.16. The minimum atomic E-state index is -0.304. The van der Waals surface area contributed by atoms with E-state index < -0.39 is 0 Å². The zero-order valence-corrected chi connectivity index (χ0v) is 16.1. The minimum Gasteiger partial charge on any atom is -0.497 e. The number of piperazine rings is 1. The van der Waals surface area contributed by atoms with Crippen molar-refractivity contribution in [3.05, 3.63) is 54.6 Å². The van der Waals surface area contributed by atoms with Gasteiger partial charge in [0.15, 0.2) is 0 Å². The highest BCUT2D eigenvalue weighted by atomic mass is 16.5. The molecule has 1 saturated heterocycles. The summed E-state index contributed by atoms with van der Waals surface area (Å²) in [6.45, 7) is 3.22. The number of urea groups is 1. The lowest BCUT2D eigenvalue weighted by atomic mass is 10.2. The van der Waals surface area contributed by atoms with Crippen LogP contribution in [0.25, 0.3) is 0 Å². The Labute approximate surface area is 165 Å². The van der Waals surface area contributed by atoms with Crippen molar-refractivity contribution in [2.24, 2.45) is 0 Å². The lowest BCUT2D eigenvalue weighted by Gasteiger charge is -2.36. The lowest BCUT2D eigenvalue weighted by Crippen LogP contribution is -2.49. The van der Waals surface area contributed by atoms with Crippen LogP contribution in [-0.2, 0) is 4.79 Å². The SMILES string of the molecule is COc1cccc(N2CCN(C(=O)CCNC(=O)Nc3ccccc3)CC2)c1. The molecule has 7 nitrogen and oxygen atoms in total. The first-order valence-corrected chi connectivity index (χ1v) is 9.42. The number of methoxy groups -OCH3 is 1. The van der Waals surface area contributed by atoms with E-state index in [0.717, 1.165) is 30.2 Å². The third-order valence-electron chi connectivity index (χ3n) is 4.71. The summed E-state index contributed by atoms with van der Waals surface area (Å²) in [5.41, 5.74) is 1.82. The summed E-state index contributed by atoms with van der Waals surface area (Å²) in [5.74, 6) is 0.890. The molecule has 0 radical (unpaired) electrons. The van der Waals surface area contributed by atoms with Crippen LogP contribution in [0.3, 0.4) is 0 Å². The fraction of sp³-hybridized carbons (Fsp3) is 0.333. The Balaban J connectivity index is 1.38. The number of carbonyl (C=O) groups excluding carboxylic acids is 2. The number of para-hydroxylation sites is 1. The van der Waals surface area contributed by atoms with Crippen molar-refractivity contribution < 1.29 is 14.3 Å². The molecule has 0 atom stereocenters. The number of amides is 3. The van der Waals surface area contributed by atoms with Gasteiger partial charge in [0.1, 0.15) is 5.75 Å². The maximum absolute atomic E-state index is 12.4. The molecule has 0 aliphatic carbocycles. The van der Waals surface area contributed by atoms with Crippen LogP contribution in [0.4, 0.5) is 16.2 Å². The molecule has 2 N–H and O–H groups in total. The predicted molar refractivity (Wildman–Crippen MR) is 110 cm³/mol. The van der Waals surface area contributed by atoms with E-state index in [1.165, 1.54) is 0 Å².